The summed E-state index contributed by atoms with van der Waals surface area (Å²) in [6, 6.07) is 4.17. The Morgan fingerprint density at radius 1 is 1.36 bits per heavy atom. The Morgan fingerprint density at radius 3 is 2.64 bits per heavy atom. The molecule has 1 atom stereocenters. The highest BCUT2D eigenvalue weighted by Crippen LogP contribution is 2.14. The first-order valence-corrected chi connectivity index (χ1v) is 8.21. The zero-order chi connectivity index (χ0) is 16.8. The Hall–Kier alpha value is -1.60. The topological polar surface area (TPSA) is 78.4 Å². The molecule has 0 fully saturated rings. The highest BCUT2D eigenvalue weighted by Gasteiger charge is 2.23. The second-order valence-corrected chi connectivity index (χ2v) is 6.33. The van der Waals surface area contributed by atoms with E-state index in [-0.39, 0.29) is 12.2 Å². The van der Waals surface area contributed by atoms with Crippen LogP contribution < -0.4 is 10.6 Å². The lowest BCUT2D eigenvalue weighted by atomic mass is 10.0. The van der Waals surface area contributed by atoms with Gasteiger partial charge in [0.25, 0.3) is 0 Å². The van der Waals surface area contributed by atoms with Crippen molar-refractivity contribution in [3.63, 3.8) is 0 Å². The lowest BCUT2D eigenvalue weighted by Crippen LogP contribution is -2.44. The van der Waals surface area contributed by atoms with Crippen LogP contribution in [0.3, 0.4) is 0 Å². The number of hydrogen-bond donors (Lipinski definition) is 3. The van der Waals surface area contributed by atoms with Gasteiger partial charge < -0.3 is 15.7 Å². The molecule has 7 heteroatoms. The molecule has 122 valence electrons. The van der Waals surface area contributed by atoms with Crippen molar-refractivity contribution in [2.24, 2.45) is 0 Å². The summed E-state index contributed by atoms with van der Waals surface area (Å²) >= 11 is 1.59. The molecule has 0 unspecified atom stereocenters. The Bertz CT molecular complexity index is 550. The minimum absolute atomic E-state index is 0.0257. The SMILES string of the molecule is CSCC[C@@](C)(O)CNC(=O)C(=O)Nc1ccc(C)c(F)c1. The molecular weight excluding hydrogens is 307 g/mol. The van der Waals surface area contributed by atoms with Crippen molar-refractivity contribution in [1.29, 1.82) is 0 Å². The fourth-order valence-corrected chi connectivity index (χ4v) is 2.26. The second kappa shape index (κ2) is 8.14. The van der Waals surface area contributed by atoms with E-state index in [2.05, 4.69) is 10.6 Å². The summed E-state index contributed by atoms with van der Waals surface area (Å²) in [6.07, 6.45) is 2.42. The molecule has 0 aliphatic carbocycles. The number of carbonyl (C=O) groups excluding carboxylic acids is 2. The zero-order valence-corrected chi connectivity index (χ0v) is 13.7. The Labute approximate surface area is 133 Å². The van der Waals surface area contributed by atoms with E-state index < -0.39 is 23.2 Å². The van der Waals surface area contributed by atoms with Crippen molar-refractivity contribution in [2.75, 3.05) is 23.9 Å². The zero-order valence-electron chi connectivity index (χ0n) is 12.9. The Balaban J connectivity index is 2.51. The largest absolute Gasteiger partial charge is 0.388 e. The van der Waals surface area contributed by atoms with E-state index in [1.54, 1.807) is 25.6 Å². The summed E-state index contributed by atoms with van der Waals surface area (Å²) in [7, 11) is 0. The number of aliphatic hydroxyl groups is 1. The summed E-state index contributed by atoms with van der Waals surface area (Å²) in [6.45, 7) is 3.17. The number of amides is 2. The van der Waals surface area contributed by atoms with Crippen LogP contribution in [0.25, 0.3) is 0 Å². The van der Waals surface area contributed by atoms with Crippen LogP contribution in [0.2, 0.25) is 0 Å². The average molecular weight is 328 g/mol. The van der Waals surface area contributed by atoms with Crippen molar-refractivity contribution in [3.05, 3.63) is 29.6 Å². The van der Waals surface area contributed by atoms with Gasteiger partial charge in [0.1, 0.15) is 5.82 Å². The molecule has 22 heavy (non-hydrogen) atoms. The molecule has 1 aromatic carbocycles. The molecule has 0 aliphatic rings. The van der Waals surface area contributed by atoms with Gasteiger partial charge in [0, 0.05) is 12.2 Å². The van der Waals surface area contributed by atoms with Gasteiger partial charge in [0.2, 0.25) is 0 Å². The van der Waals surface area contributed by atoms with Gasteiger partial charge in [-0.15, -0.1) is 0 Å². The highest BCUT2D eigenvalue weighted by molar-refractivity contribution is 7.98. The molecular formula is C15H21FN2O3S. The smallest absolute Gasteiger partial charge is 0.313 e. The fourth-order valence-electron chi connectivity index (χ4n) is 1.62. The van der Waals surface area contributed by atoms with Gasteiger partial charge in [0.05, 0.1) is 5.60 Å². The van der Waals surface area contributed by atoms with Gasteiger partial charge in [-0.05, 0) is 50.0 Å². The molecule has 0 spiro atoms. The van der Waals surface area contributed by atoms with Crippen molar-refractivity contribution in [3.8, 4) is 0 Å². The van der Waals surface area contributed by atoms with Gasteiger partial charge in [-0.25, -0.2) is 4.39 Å². The standard InChI is InChI=1S/C15H21FN2O3S/c1-10-4-5-11(8-12(10)16)18-14(20)13(19)17-9-15(2,21)6-7-22-3/h4-5,8,21H,6-7,9H2,1-3H3,(H,17,19)(H,18,20)/t15-/m1/s1. The van der Waals surface area contributed by atoms with E-state index in [0.717, 1.165) is 11.8 Å². The normalized spacial score (nSPS) is 13.3. The van der Waals surface area contributed by atoms with E-state index in [1.165, 1.54) is 12.1 Å². The summed E-state index contributed by atoms with van der Waals surface area (Å²) in [5.41, 5.74) is -0.417. The number of aryl methyl sites for hydroxylation is 1. The third kappa shape index (κ3) is 6.03. The average Bonchev–Trinajstić information content (AvgIpc) is 2.46. The summed E-state index contributed by atoms with van der Waals surface area (Å²) < 4.78 is 13.4. The molecule has 0 heterocycles. The lowest BCUT2D eigenvalue weighted by molar-refractivity contribution is -0.136. The number of carbonyl (C=O) groups is 2. The molecule has 5 nitrogen and oxygen atoms in total. The summed E-state index contributed by atoms with van der Waals surface area (Å²) in [4.78, 5) is 23.4. The third-order valence-electron chi connectivity index (χ3n) is 3.11. The molecule has 0 aliphatic heterocycles. The lowest BCUT2D eigenvalue weighted by Gasteiger charge is -2.23. The van der Waals surface area contributed by atoms with Crippen LogP contribution in [0.1, 0.15) is 18.9 Å². The van der Waals surface area contributed by atoms with E-state index in [9.17, 15) is 19.1 Å². The first-order chi connectivity index (χ1) is 10.2. The van der Waals surface area contributed by atoms with E-state index in [0.29, 0.717) is 12.0 Å². The third-order valence-corrected chi connectivity index (χ3v) is 3.72. The summed E-state index contributed by atoms with van der Waals surface area (Å²) in [5.74, 6) is -1.48. The van der Waals surface area contributed by atoms with Crippen LogP contribution in [0.5, 0.6) is 0 Å². The first kappa shape index (κ1) is 18.4. The predicted octanol–water partition coefficient (Wildman–Crippen LogP) is 1.69. The van der Waals surface area contributed by atoms with Gasteiger partial charge in [-0.2, -0.15) is 11.8 Å². The van der Waals surface area contributed by atoms with Crippen LogP contribution in [-0.4, -0.2) is 41.1 Å². The molecule has 0 bridgehead atoms. The monoisotopic (exact) mass is 328 g/mol. The van der Waals surface area contributed by atoms with Crippen LogP contribution in [0.4, 0.5) is 10.1 Å². The Kier molecular flexibility index (Phi) is 6.83. The van der Waals surface area contributed by atoms with Crippen LogP contribution in [-0.2, 0) is 9.59 Å². The molecule has 0 saturated heterocycles. The van der Waals surface area contributed by atoms with Crippen molar-refractivity contribution in [2.45, 2.75) is 25.9 Å². The van der Waals surface area contributed by atoms with Crippen molar-refractivity contribution >= 4 is 29.3 Å². The van der Waals surface area contributed by atoms with Crippen LogP contribution in [0, 0.1) is 12.7 Å². The first-order valence-electron chi connectivity index (χ1n) is 6.82. The van der Waals surface area contributed by atoms with Crippen molar-refractivity contribution < 1.29 is 19.1 Å². The number of rotatable bonds is 6. The maximum Gasteiger partial charge on any atom is 0.313 e. The highest BCUT2D eigenvalue weighted by atomic mass is 32.2. The van der Waals surface area contributed by atoms with Gasteiger partial charge in [-0.1, -0.05) is 6.07 Å². The Morgan fingerprint density at radius 2 is 2.05 bits per heavy atom. The van der Waals surface area contributed by atoms with Gasteiger partial charge in [-0.3, -0.25) is 9.59 Å². The number of anilines is 1. The minimum atomic E-state index is -1.07. The molecule has 2 amide bonds. The van der Waals surface area contributed by atoms with E-state index in [4.69, 9.17) is 0 Å². The molecule has 1 aromatic rings. The number of benzene rings is 1. The van der Waals surface area contributed by atoms with Crippen molar-refractivity contribution in [1.82, 2.24) is 5.32 Å². The van der Waals surface area contributed by atoms with Crippen LogP contribution >= 0.6 is 11.8 Å². The molecule has 0 radical (unpaired) electrons. The van der Waals surface area contributed by atoms with E-state index in [1.807, 2.05) is 6.26 Å². The number of thioether (sulfide) groups is 1. The van der Waals surface area contributed by atoms with Gasteiger partial charge >= 0.3 is 11.8 Å². The van der Waals surface area contributed by atoms with Gasteiger partial charge in [0.15, 0.2) is 0 Å². The number of hydrogen-bond acceptors (Lipinski definition) is 4. The molecule has 3 N–H and O–H groups in total. The minimum Gasteiger partial charge on any atom is -0.388 e. The number of halogens is 1. The maximum atomic E-state index is 13.4. The predicted molar refractivity (Wildman–Crippen MR) is 86.4 cm³/mol. The molecule has 0 aromatic heterocycles. The fraction of sp³-hybridized carbons (Fsp3) is 0.467. The quantitative estimate of drug-likeness (QED) is 0.695. The maximum absolute atomic E-state index is 13.4. The summed E-state index contributed by atoms with van der Waals surface area (Å²) in [5, 5.41) is 14.7. The second-order valence-electron chi connectivity index (χ2n) is 5.34. The number of nitrogens with one attached hydrogen (secondary N) is 2. The van der Waals surface area contributed by atoms with E-state index >= 15 is 0 Å². The molecule has 1 rings (SSSR count). The van der Waals surface area contributed by atoms with Crippen LogP contribution in [0.15, 0.2) is 18.2 Å². The molecule has 0 saturated carbocycles.